The third-order valence-corrected chi connectivity index (χ3v) is 5.15. The van der Waals surface area contributed by atoms with Gasteiger partial charge in [0.05, 0.1) is 23.0 Å². The van der Waals surface area contributed by atoms with E-state index in [4.69, 9.17) is 9.15 Å². The van der Waals surface area contributed by atoms with E-state index in [0.717, 1.165) is 11.8 Å². The molecule has 3 heterocycles. The topological polar surface area (TPSA) is 113 Å². The summed E-state index contributed by atoms with van der Waals surface area (Å²) in [5.41, 5.74) is 1.41. The number of allylic oxidation sites excluding steroid dienone is 2. The van der Waals surface area contributed by atoms with Gasteiger partial charge >= 0.3 is 0 Å². The summed E-state index contributed by atoms with van der Waals surface area (Å²) >= 11 is 0. The number of fused-ring (bicyclic) bond motifs is 3. The normalized spacial score (nSPS) is 14.2. The Labute approximate surface area is 178 Å². The van der Waals surface area contributed by atoms with Crippen molar-refractivity contribution < 1.29 is 24.5 Å². The summed E-state index contributed by atoms with van der Waals surface area (Å²) in [6.07, 6.45) is 8.29. The molecule has 31 heavy (non-hydrogen) atoms. The van der Waals surface area contributed by atoms with Crippen LogP contribution in [0.15, 0.2) is 45.5 Å². The third kappa shape index (κ3) is 3.52. The second-order valence-corrected chi connectivity index (χ2v) is 8.34. The molecule has 0 radical (unpaired) electrons. The van der Waals surface area contributed by atoms with Crippen LogP contribution in [0, 0.1) is 0 Å². The number of hydrogen-bond acceptors (Lipinski definition) is 7. The Morgan fingerprint density at radius 3 is 2.61 bits per heavy atom. The fourth-order valence-corrected chi connectivity index (χ4v) is 3.51. The minimum Gasteiger partial charge on any atom is -0.507 e. The van der Waals surface area contributed by atoms with E-state index in [0.29, 0.717) is 23.3 Å². The van der Waals surface area contributed by atoms with Crippen molar-refractivity contribution in [1.82, 2.24) is 4.98 Å². The van der Waals surface area contributed by atoms with Crippen LogP contribution in [-0.4, -0.2) is 25.9 Å². The van der Waals surface area contributed by atoms with Crippen molar-refractivity contribution in [3.05, 3.63) is 57.6 Å². The molecule has 0 saturated carbocycles. The number of rotatable bonds is 3. The summed E-state index contributed by atoms with van der Waals surface area (Å²) in [7, 11) is 0. The lowest BCUT2D eigenvalue weighted by molar-refractivity contribution is 0.157. The predicted molar refractivity (Wildman–Crippen MR) is 118 cm³/mol. The molecule has 7 nitrogen and oxygen atoms in total. The fraction of sp³-hybridized carbons (Fsp3) is 0.250. The Morgan fingerprint density at radius 1 is 1.19 bits per heavy atom. The van der Waals surface area contributed by atoms with E-state index in [1.165, 1.54) is 12.3 Å². The minimum absolute atomic E-state index is 0.00993. The van der Waals surface area contributed by atoms with Crippen molar-refractivity contribution in [1.29, 1.82) is 0 Å². The molecule has 0 atom stereocenters. The first-order valence-electron chi connectivity index (χ1n) is 9.82. The van der Waals surface area contributed by atoms with Crippen LogP contribution in [0.5, 0.6) is 23.0 Å². The maximum absolute atomic E-state index is 13.4. The zero-order chi connectivity index (χ0) is 22.5. The highest BCUT2D eigenvalue weighted by Gasteiger charge is 2.30. The molecule has 4 rings (SSSR count). The van der Waals surface area contributed by atoms with Crippen molar-refractivity contribution in [3.8, 4) is 34.3 Å². The quantitative estimate of drug-likeness (QED) is 0.527. The monoisotopic (exact) mass is 421 g/mol. The van der Waals surface area contributed by atoms with Gasteiger partial charge in [0.1, 0.15) is 28.7 Å². The Balaban J connectivity index is 2.05. The van der Waals surface area contributed by atoms with Crippen LogP contribution in [-0.2, 0) is 6.42 Å². The molecule has 160 valence electrons. The predicted octanol–water partition coefficient (Wildman–Crippen LogP) is 4.66. The molecule has 0 aliphatic carbocycles. The number of hydrogen-bond donors (Lipinski definition) is 3. The van der Waals surface area contributed by atoms with Crippen LogP contribution >= 0.6 is 0 Å². The molecule has 1 aromatic carbocycles. The number of benzene rings is 1. The van der Waals surface area contributed by atoms with Crippen LogP contribution < -0.4 is 10.2 Å². The van der Waals surface area contributed by atoms with Crippen LogP contribution in [0.2, 0.25) is 0 Å². The Bertz CT molecular complexity index is 1330. The second kappa shape index (κ2) is 7.19. The molecule has 2 aromatic heterocycles. The first kappa shape index (κ1) is 20.5. The highest BCUT2D eigenvalue weighted by atomic mass is 16.5. The summed E-state index contributed by atoms with van der Waals surface area (Å²) in [5, 5.41) is 30.4. The van der Waals surface area contributed by atoms with Crippen molar-refractivity contribution in [2.75, 3.05) is 0 Å². The lowest BCUT2D eigenvalue weighted by Crippen LogP contribution is -2.28. The van der Waals surface area contributed by atoms with E-state index in [9.17, 15) is 20.1 Å². The van der Waals surface area contributed by atoms with E-state index < -0.39 is 22.5 Å². The zero-order valence-corrected chi connectivity index (χ0v) is 17.7. The molecule has 1 aliphatic rings. The van der Waals surface area contributed by atoms with Gasteiger partial charge in [-0.1, -0.05) is 11.6 Å². The van der Waals surface area contributed by atoms with Crippen molar-refractivity contribution in [3.63, 3.8) is 0 Å². The van der Waals surface area contributed by atoms with Crippen LogP contribution in [0.3, 0.4) is 0 Å². The van der Waals surface area contributed by atoms with E-state index in [-0.39, 0.29) is 28.0 Å². The lowest BCUT2D eigenvalue weighted by atomic mass is 9.94. The number of nitrogens with zero attached hydrogens (tertiary/aromatic N) is 1. The number of phenols is 1. The van der Waals surface area contributed by atoms with Gasteiger partial charge in [-0.2, -0.15) is 0 Å². The molecule has 0 bridgehead atoms. The van der Waals surface area contributed by atoms with E-state index in [2.05, 4.69) is 4.98 Å². The number of ether oxygens (including phenoxy) is 1. The third-order valence-electron chi connectivity index (χ3n) is 5.15. The van der Waals surface area contributed by atoms with Crippen LogP contribution in [0.25, 0.3) is 28.3 Å². The van der Waals surface area contributed by atoms with Gasteiger partial charge in [0.25, 0.3) is 0 Å². The fourth-order valence-electron chi connectivity index (χ4n) is 3.51. The number of aromatic hydroxyl groups is 3. The number of pyridine rings is 1. The number of aromatic nitrogens is 1. The molecular formula is C24H23NO6. The highest BCUT2D eigenvalue weighted by Crippen LogP contribution is 2.44. The van der Waals surface area contributed by atoms with Gasteiger partial charge in [0.15, 0.2) is 17.1 Å². The van der Waals surface area contributed by atoms with Crippen molar-refractivity contribution in [2.45, 2.75) is 39.7 Å². The lowest BCUT2D eigenvalue weighted by Gasteiger charge is -2.30. The largest absolute Gasteiger partial charge is 0.507 e. The van der Waals surface area contributed by atoms with Crippen molar-refractivity contribution in [2.24, 2.45) is 0 Å². The SMILES string of the molecule is CC(C)=CCc1c2c(c3occ(-c4cc(O)c(O)cn4)c(=O)c3c1O)C=CC(C)(C)O2. The Morgan fingerprint density at radius 2 is 1.94 bits per heavy atom. The van der Waals surface area contributed by atoms with Gasteiger partial charge in [0, 0.05) is 11.6 Å². The highest BCUT2D eigenvalue weighted by molar-refractivity contribution is 5.97. The maximum Gasteiger partial charge on any atom is 0.205 e. The summed E-state index contributed by atoms with van der Waals surface area (Å²) in [6.45, 7) is 7.70. The summed E-state index contributed by atoms with van der Waals surface area (Å²) in [6, 6.07) is 1.17. The number of phenolic OH excluding ortho intramolecular Hbond substituents is 1. The average molecular weight is 421 g/mol. The first-order chi connectivity index (χ1) is 14.6. The summed E-state index contributed by atoms with van der Waals surface area (Å²) in [4.78, 5) is 17.4. The van der Waals surface area contributed by atoms with Crippen molar-refractivity contribution >= 4 is 17.0 Å². The van der Waals surface area contributed by atoms with Gasteiger partial charge in [-0.25, -0.2) is 0 Å². The van der Waals surface area contributed by atoms with Crippen LogP contribution in [0.4, 0.5) is 0 Å². The minimum atomic E-state index is -0.583. The molecule has 0 saturated heterocycles. The molecule has 3 aromatic rings. The average Bonchev–Trinajstić information content (AvgIpc) is 2.69. The van der Waals surface area contributed by atoms with E-state index in [1.54, 1.807) is 0 Å². The van der Waals surface area contributed by atoms with Gasteiger partial charge in [-0.3, -0.25) is 9.78 Å². The Kier molecular flexibility index (Phi) is 4.76. The molecule has 0 unspecified atom stereocenters. The smallest absolute Gasteiger partial charge is 0.205 e. The first-order valence-corrected chi connectivity index (χ1v) is 9.82. The summed E-state index contributed by atoms with van der Waals surface area (Å²) in [5.74, 6) is -0.552. The van der Waals surface area contributed by atoms with Crippen LogP contribution in [0.1, 0.15) is 38.8 Å². The Hall–Kier alpha value is -3.74. The van der Waals surface area contributed by atoms with Gasteiger partial charge in [-0.05, 0) is 46.3 Å². The maximum atomic E-state index is 13.4. The standard InChI is InChI=1S/C24H23NO6/c1-12(2)5-6-13-20(28)19-21(29)15(16-9-17(26)18(27)10-25-16)11-30-23(19)14-7-8-24(3,4)31-22(13)14/h5,7-11,27-28H,6H2,1-4H3,(H,25,26). The molecule has 0 amide bonds. The van der Waals surface area contributed by atoms with E-state index in [1.807, 2.05) is 45.9 Å². The van der Waals surface area contributed by atoms with E-state index >= 15 is 0 Å². The molecule has 1 aliphatic heterocycles. The molecule has 0 fully saturated rings. The molecule has 0 spiro atoms. The second-order valence-electron chi connectivity index (χ2n) is 8.34. The summed E-state index contributed by atoms with van der Waals surface area (Å²) < 4.78 is 11.9. The molecule has 7 heteroatoms. The molecule has 3 N–H and O–H groups in total. The van der Waals surface area contributed by atoms with Gasteiger partial charge < -0.3 is 24.5 Å². The zero-order valence-electron chi connectivity index (χ0n) is 17.7. The van der Waals surface area contributed by atoms with Gasteiger partial charge in [0.2, 0.25) is 5.43 Å². The molecular weight excluding hydrogens is 398 g/mol. The van der Waals surface area contributed by atoms with Gasteiger partial charge in [-0.15, -0.1) is 0 Å².